The number of carbonyl (C=O) groups excluding carboxylic acids is 1. The van der Waals surface area contributed by atoms with E-state index in [0.29, 0.717) is 27.4 Å². The molecular weight excluding hydrogens is 330 g/mol. The van der Waals surface area contributed by atoms with Crippen LogP contribution in [-0.4, -0.2) is 26.1 Å². The fourth-order valence-corrected chi connectivity index (χ4v) is 3.43. The number of hydrogen-bond donors (Lipinski definition) is 4. The Morgan fingerprint density at radius 1 is 0.962 bits per heavy atom. The highest BCUT2D eigenvalue weighted by Gasteiger charge is 2.23. The van der Waals surface area contributed by atoms with Crippen molar-refractivity contribution in [3.05, 3.63) is 70.9 Å². The topological polar surface area (TPSA) is 101 Å². The monoisotopic (exact) mass is 343 g/mol. The van der Waals surface area contributed by atoms with Gasteiger partial charge in [0.2, 0.25) is 0 Å². The van der Waals surface area contributed by atoms with Gasteiger partial charge < -0.3 is 20.2 Å². The number of nitrogens with zero attached hydrogens (tertiary/aromatic N) is 1. The predicted molar refractivity (Wildman–Crippen MR) is 96.2 cm³/mol. The fourth-order valence-electron chi connectivity index (χ4n) is 3.43. The van der Waals surface area contributed by atoms with Crippen molar-refractivity contribution in [3.63, 3.8) is 0 Å². The molecule has 0 unspecified atom stereocenters. The van der Waals surface area contributed by atoms with Gasteiger partial charge in [0.05, 0.1) is 22.2 Å². The number of benzene rings is 2. The lowest BCUT2D eigenvalue weighted by Crippen LogP contribution is -2.22. The van der Waals surface area contributed by atoms with E-state index in [1.165, 1.54) is 0 Å². The molecule has 4 aromatic rings. The quantitative estimate of drug-likeness (QED) is 0.447. The van der Waals surface area contributed by atoms with Gasteiger partial charge in [0, 0.05) is 27.9 Å². The van der Waals surface area contributed by atoms with E-state index in [4.69, 9.17) is 0 Å². The molecule has 5 rings (SSSR count). The lowest BCUT2D eigenvalue weighted by molar-refractivity contribution is -0.112. The summed E-state index contributed by atoms with van der Waals surface area (Å²) in [6, 6.07) is 14.0. The van der Waals surface area contributed by atoms with Crippen LogP contribution in [0.2, 0.25) is 0 Å². The Morgan fingerprint density at radius 2 is 1.81 bits per heavy atom. The standard InChI is InChI=1S/C20H13N3O3/c24-10-5-6-15-12(7-10)14(9-21-15)17-8-13(19(25)23-17)18-11-3-1-2-4-16(11)22-20(18)26/h1-9,21,23-25H. The van der Waals surface area contributed by atoms with Crippen LogP contribution >= 0.6 is 0 Å². The number of para-hydroxylation sites is 1. The molecule has 1 aliphatic rings. The SMILES string of the molecule is O=C1N=c2ccccc2=C1c1cc(-c2c[nH]c3ccc(O)cc23)[nH]c1O. The smallest absolute Gasteiger partial charge is 0.279 e. The molecule has 1 amide bonds. The van der Waals surface area contributed by atoms with Crippen LogP contribution in [0.3, 0.4) is 0 Å². The van der Waals surface area contributed by atoms with Crippen molar-refractivity contribution >= 4 is 22.4 Å². The molecule has 6 nitrogen and oxygen atoms in total. The molecule has 0 bridgehead atoms. The number of amides is 1. The minimum absolute atomic E-state index is 0.0928. The van der Waals surface area contributed by atoms with Crippen molar-refractivity contribution in [2.24, 2.45) is 4.99 Å². The second-order valence-electron chi connectivity index (χ2n) is 6.19. The molecule has 0 spiro atoms. The van der Waals surface area contributed by atoms with Crippen LogP contribution in [0.25, 0.3) is 27.7 Å². The Kier molecular flexibility index (Phi) is 2.85. The molecule has 6 heteroatoms. The molecule has 126 valence electrons. The van der Waals surface area contributed by atoms with E-state index < -0.39 is 0 Å². The minimum Gasteiger partial charge on any atom is -0.508 e. The van der Waals surface area contributed by atoms with Gasteiger partial charge in [0.25, 0.3) is 5.91 Å². The first-order valence-corrected chi connectivity index (χ1v) is 8.07. The maximum atomic E-state index is 12.4. The third-order valence-corrected chi connectivity index (χ3v) is 4.63. The van der Waals surface area contributed by atoms with Crippen LogP contribution < -0.4 is 10.6 Å². The van der Waals surface area contributed by atoms with Gasteiger partial charge in [-0.2, -0.15) is 0 Å². The summed E-state index contributed by atoms with van der Waals surface area (Å²) in [5, 5.41) is 22.3. The number of aromatic hydroxyl groups is 2. The van der Waals surface area contributed by atoms with Gasteiger partial charge in [0.1, 0.15) is 5.75 Å². The first-order chi connectivity index (χ1) is 12.6. The number of rotatable bonds is 2. The van der Waals surface area contributed by atoms with Gasteiger partial charge in [-0.3, -0.25) is 4.79 Å². The molecular formula is C20H13N3O3. The lowest BCUT2D eigenvalue weighted by atomic mass is 10.0. The van der Waals surface area contributed by atoms with E-state index in [1.807, 2.05) is 18.2 Å². The molecule has 0 aliphatic carbocycles. The number of phenolic OH excluding ortho intramolecular Hbond substituents is 1. The largest absolute Gasteiger partial charge is 0.508 e. The number of H-pyrrole nitrogens is 2. The molecule has 0 saturated heterocycles. The Balaban J connectivity index is 1.74. The van der Waals surface area contributed by atoms with Crippen molar-refractivity contribution < 1.29 is 15.0 Å². The molecule has 26 heavy (non-hydrogen) atoms. The molecule has 0 atom stereocenters. The van der Waals surface area contributed by atoms with Crippen molar-refractivity contribution in [1.29, 1.82) is 0 Å². The number of nitrogens with one attached hydrogen (secondary N) is 2. The summed E-state index contributed by atoms with van der Waals surface area (Å²) >= 11 is 0. The van der Waals surface area contributed by atoms with E-state index in [0.717, 1.165) is 16.5 Å². The predicted octanol–water partition coefficient (Wildman–Crippen LogP) is 1.93. The Bertz CT molecular complexity index is 1330. The highest BCUT2D eigenvalue weighted by molar-refractivity contribution is 6.21. The van der Waals surface area contributed by atoms with E-state index >= 15 is 0 Å². The summed E-state index contributed by atoms with van der Waals surface area (Å²) in [5.74, 6) is -0.309. The van der Waals surface area contributed by atoms with E-state index in [2.05, 4.69) is 15.0 Å². The number of aromatic nitrogens is 2. The minimum atomic E-state index is -0.372. The molecule has 1 aliphatic heterocycles. The van der Waals surface area contributed by atoms with Crippen molar-refractivity contribution in [2.45, 2.75) is 0 Å². The molecule has 0 fully saturated rings. The van der Waals surface area contributed by atoms with Crippen LogP contribution in [0.1, 0.15) is 5.56 Å². The van der Waals surface area contributed by atoms with Crippen molar-refractivity contribution in [2.75, 3.05) is 0 Å². The van der Waals surface area contributed by atoms with Crippen LogP contribution in [0, 0.1) is 0 Å². The summed E-state index contributed by atoms with van der Waals surface area (Å²) in [6.07, 6.45) is 1.79. The maximum Gasteiger partial charge on any atom is 0.279 e. The molecule has 4 N–H and O–H groups in total. The van der Waals surface area contributed by atoms with Crippen LogP contribution in [-0.2, 0) is 4.79 Å². The summed E-state index contributed by atoms with van der Waals surface area (Å²) < 4.78 is 0. The molecule has 2 aromatic carbocycles. The number of hydrogen-bond acceptors (Lipinski definition) is 3. The van der Waals surface area contributed by atoms with Gasteiger partial charge in [-0.25, -0.2) is 4.99 Å². The van der Waals surface area contributed by atoms with Gasteiger partial charge in [0.15, 0.2) is 5.88 Å². The first kappa shape index (κ1) is 14.5. The summed E-state index contributed by atoms with van der Waals surface area (Å²) in [5.41, 5.74) is 3.07. The van der Waals surface area contributed by atoms with E-state index in [-0.39, 0.29) is 17.5 Å². The molecule has 2 aromatic heterocycles. The normalized spacial score (nSPS) is 13.2. The van der Waals surface area contributed by atoms with E-state index in [9.17, 15) is 15.0 Å². The Labute approximate surface area is 146 Å². The summed E-state index contributed by atoms with van der Waals surface area (Å²) in [6.45, 7) is 0. The second-order valence-corrected chi connectivity index (χ2v) is 6.19. The number of aromatic amines is 2. The fraction of sp³-hybridized carbons (Fsp3) is 0. The number of carbonyl (C=O) groups is 1. The third-order valence-electron chi connectivity index (χ3n) is 4.63. The van der Waals surface area contributed by atoms with Crippen LogP contribution in [0.15, 0.2) is 59.7 Å². The van der Waals surface area contributed by atoms with Crippen LogP contribution in [0.4, 0.5) is 0 Å². The third kappa shape index (κ3) is 1.99. The zero-order chi connectivity index (χ0) is 17.8. The highest BCUT2D eigenvalue weighted by Crippen LogP contribution is 2.35. The van der Waals surface area contributed by atoms with Crippen molar-refractivity contribution in [3.8, 4) is 22.9 Å². The van der Waals surface area contributed by atoms with Gasteiger partial charge in [-0.05, 0) is 30.3 Å². The second kappa shape index (κ2) is 5.10. The van der Waals surface area contributed by atoms with E-state index in [1.54, 1.807) is 36.5 Å². The molecule has 0 saturated carbocycles. The molecule has 0 radical (unpaired) electrons. The zero-order valence-corrected chi connectivity index (χ0v) is 13.4. The Hall–Kier alpha value is -3.80. The Morgan fingerprint density at radius 3 is 2.69 bits per heavy atom. The maximum absolute atomic E-state index is 12.4. The number of phenols is 1. The average molecular weight is 343 g/mol. The van der Waals surface area contributed by atoms with Crippen LogP contribution in [0.5, 0.6) is 11.6 Å². The van der Waals surface area contributed by atoms with Gasteiger partial charge in [-0.1, -0.05) is 18.2 Å². The first-order valence-electron chi connectivity index (χ1n) is 8.07. The highest BCUT2D eigenvalue weighted by atomic mass is 16.3. The van der Waals surface area contributed by atoms with Gasteiger partial charge in [-0.15, -0.1) is 0 Å². The lowest BCUT2D eigenvalue weighted by Gasteiger charge is -1.97. The summed E-state index contributed by atoms with van der Waals surface area (Å²) in [4.78, 5) is 22.5. The summed E-state index contributed by atoms with van der Waals surface area (Å²) in [7, 11) is 0. The molecule has 3 heterocycles. The zero-order valence-electron chi connectivity index (χ0n) is 13.4. The van der Waals surface area contributed by atoms with Gasteiger partial charge >= 0.3 is 0 Å². The van der Waals surface area contributed by atoms with Crippen molar-refractivity contribution in [1.82, 2.24) is 9.97 Å². The number of fused-ring (bicyclic) bond motifs is 2. The average Bonchev–Trinajstić information content (AvgIpc) is 3.28.